The van der Waals surface area contributed by atoms with Crippen molar-refractivity contribution in [2.24, 2.45) is 17.3 Å². The van der Waals surface area contributed by atoms with Gasteiger partial charge in [0.2, 0.25) is 11.8 Å². The Balaban J connectivity index is 2.02. The highest BCUT2D eigenvalue weighted by Gasteiger charge is 2.49. The van der Waals surface area contributed by atoms with Gasteiger partial charge in [-0.15, -0.1) is 0 Å². The number of likely N-dealkylation sites (tertiary alicyclic amines) is 2. The smallest absolute Gasteiger partial charge is 0.311 e. The second kappa shape index (κ2) is 7.53. The lowest BCUT2D eigenvalue weighted by atomic mass is 9.76. The SMILES string of the molecule is CCCC(=O)N1CCC[C@H](C(=O)N2CC[C@](C(=O)O)(C(C)C)C2)C1. The van der Waals surface area contributed by atoms with E-state index in [1.165, 1.54) is 0 Å². The Morgan fingerprint density at radius 2 is 1.92 bits per heavy atom. The second-order valence-corrected chi connectivity index (χ2v) is 7.55. The maximum atomic E-state index is 12.9. The van der Waals surface area contributed by atoms with Crippen LogP contribution in [0.25, 0.3) is 0 Å². The summed E-state index contributed by atoms with van der Waals surface area (Å²) in [6.07, 6.45) is 3.48. The van der Waals surface area contributed by atoms with Crippen LogP contribution in [-0.4, -0.2) is 58.9 Å². The highest BCUT2D eigenvalue weighted by atomic mass is 16.4. The maximum Gasteiger partial charge on any atom is 0.311 e. The number of carbonyl (C=O) groups excluding carboxylic acids is 2. The van der Waals surface area contributed by atoms with E-state index < -0.39 is 11.4 Å². The van der Waals surface area contributed by atoms with Crippen LogP contribution in [0.4, 0.5) is 0 Å². The summed E-state index contributed by atoms with van der Waals surface area (Å²) >= 11 is 0. The van der Waals surface area contributed by atoms with E-state index in [2.05, 4.69) is 0 Å². The van der Waals surface area contributed by atoms with Gasteiger partial charge in [0.1, 0.15) is 0 Å². The molecule has 1 N–H and O–H groups in total. The van der Waals surface area contributed by atoms with Crippen molar-refractivity contribution < 1.29 is 19.5 Å². The molecule has 136 valence electrons. The molecule has 0 aromatic carbocycles. The van der Waals surface area contributed by atoms with Crippen molar-refractivity contribution in [2.45, 2.75) is 52.9 Å². The quantitative estimate of drug-likeness (QED) is 0.831. The molecule has 0 aromatic heterocycles. The van der Waals surface area contributed by atoms with E-state index in [1.54, 1.807) is 9.80 Å². The first kappa shape index (κ1) is 18.7. The number of nitrogens with zero attached hydrogens (tertiary/aromatic N) is 2. The molecule has 0 aromatic rings. The van der Waals surface area contributed by atoms with E-state index in [0.717, 1.165) is 25.8 Å². The fraction of sp³-hybridized carbons (Fsp3) is 0.833. The van der Waals surface area contributed by atoms with Crippen molar-refractivity contribution in [1.29, 1.82) is 0 Å². The molecule has 2 amide bonds. The van der Waals surface area contributed by atoms with Crippen LogP contribution in [-0.2, 0) is 14.4 Å². The molecule has 0 aliphatic carbocycles. The molecule has 24 heavy (non-hydrogen) atoms. The zero-order valence-electron chi connectivity index (χ0n) is 15.1. The molecule has 2 saturated heterocycles. The van der Waals surface area contributed by atoms with Gasteiger partial charge in [-0.3, -0.25) is 14.4 Å². The van der Waals surface area contributed by atoms with Crippen LogP contribution in [0.1, 0.15) is 52.9 Å². The number of hydrogen-bond donors (Lipinski definition) is 1. The first-order valence-corrected chi connectivity index (χ1v) is 9.11. The molecular weight excluding hydrogens is 308 g/mol. The number of carboxylic acids is 1. The summed E-state index contributed by atoms with van der Waals surface area (Å²) in [4.78, 5) is 40.2. The van der Waals surface area contributed by atoms with Gasteiger partial charge >= 0.3 is 5.97 Å². The normalized spacial score (nSPS) is 27.6. The zero-order chi connectivity index (χ0) is 17.9. The Bertz CT molecular complexity index is 505. The summed E-state index contributed by atoms with van der Waals surface area (Å²) in [5, 5.41) is 9.63. The highest BCUT2D eigenvalue weighted by molar-refractivity contribution is 5.83. The molecule has 0 radical (unpaired) electrons. The van der Waals surface area contributed by atoms with Crippen LogP contribution in [0.5, 0.6) is 0 Å². The number of piperidine rings is 1. The molecule has 2 aliphatic rings. The van der Waals surface area contributed by atoms with Gasteiger partial charge < -0.3 is 14.9 Å². The lowest BCUT2D eigenvalue weighted by Crippen LogP contribution is -2.47. The molecule has 6 nitrogen and oxygen atoms in total. The molecule has 2 aliphatic heterocycles. The lowest BCUT2D eigenvalue weighted by molar-refractivity contribution is -0.151. The number of rotatable bonds is 5. The van der Waals surface area contributed by atoms with E-state index in [0.29, 0.717) is 25.9 Å². The molecule has 2 fully saturated rings. The minimum Gasteiger partial charge on any atom is -0.481 e. The Kier molecular flexibility index (Phi) is 5.88. The number of amides is 2. The zero-order valence-corrected chi connectivity index (χ0v) is 15.1. The topological polar surface area (TPSA) is 77.9 Å². The Morgan fingerprint density at radius 3 is 2.46 bits per heavy atom. The van der Waals surface area contributed by atoms with Crippen molar-refractivity contribution in [3.8, 4) is 0 Å². The molecule has 6 heteroatoms. The minimum absolute atomic E-state index is 0.0122. The van der Waals surface area contributed by atoms with Crippen molar-refractivity contribution in [1.82, 2.24) is 9.80 Å². The van der Waals surface area contributed by atoms with E-state index in [9.17, 15) is 19.5 Å². The second-order valence-electron chi connectivity index (χ2n) is 7.55. The molecule has 2 rings (SSSR count). The van der Waals surface area contributed by atoms with Crippen LogP contribution < -0.4 is 0 Å². The molecule has 0 unspecified atom stereocenters. The number of aliphatic carboxylic acids is 1. The van der Waals surface area contributed by atoms with Gasteiger partial charge in [0.15, 0.2) is 0 Å². The van der Waals surface area contributed by atoms with Crippen LogP contribution >= 0.6 is 0 Å². The van der Waals surface area contributed by atoms with Crippen LogP contribution in [0, 0.1) is 17.3 Å². The molecule has 0 spiro atoms. The van der Waals surface area contributed by atoms with E-state index in [-0.39, 0.29) is 30.2 Å². The molecule has 2 atom stereocenters. The van der Waals surface area contributed by atoms with Crippen molar-refractivity contribution in [3.63, 3.8) is 0 Å². The Morgan fingerprint density at radius 1 is 1.21 bits per heavy atom. The highest BCUT2D eigenvalue weighted by Crippen LogP contribution is 2.39. The van der Waals surface area contributed by atoms with Gasteiger partial charge in [-0.05, 0) is 31.6 Å². The first-order chi connectivity index (χ1) is 11.3. The average Bonchev–Trinajstić information content (AvgIpc) is 3.01. The van der Waals surface area contributed by atoms with Crippen LogP contribution in [0.2, 0.25) is 0 Å². The van der Waals surface area contributed by atoms with Gasteiger partial charge in [0, 0.05) is 32.6 Å². The van der Waals surface area contributed by atoms with Crippen molar-refractivity contribution in [2.75, 3.05) is 26.2 Å². The minimum atomic E-state index is -0.831. The molecule has 0 saturated carbocycles. The maximum absolute atomic E-state index is 12.9. The lowest BCUT2D eigenvalue weighted by Gasteiger charge is -2.35. The third-order valence-corrected chi connectivity index (χ3v) is 5.73. The number of carboxylic acid groups (broad SMARTS) is 1. The van der Waals surface area contributed by atoms with E-state index >= 15 is 0 Å². The summed E-state index contributed by atoms with van der Waals surface area (Å²) in [6.45, 7) is 7.80. The fourth-order valence-electron chi connectivity index (χ4n) is 3.95. The van der Waals surface area contributed by atoms with Gasteiger partial charge in [-0.1, -0.05) is 20.8 Å². The third kappa shape index (κ3) is 3.57. The standard InChI is InChI=1S/C18H30N2O4/c1-4-6-15(21)19-9-5-7-14(11-19)16(22)20-10-8-18(12-20,13(2)3)17(23)24/h13-14H,4-12H2,1-3H3,(H,23,24)/t14-,18+/m0/s1. The molecule has 0 bridgehead atoms. The summed E-state index contributed by atoms with van der Waals surface area (Å²) in [5.41, 5.74) is -0.831. The Labute approximate surface area is 144 Å². The van der Waals surface area contributed by atoms with E-state index in [1.807, 2.05) is 20.8 Å². The van der Waals surface area contributed by atoms with Gasteiger partial charge in [-0.25, -0.2) is 0 Å². The summed E-state index contributed by atoms with van der Waals surface area (Å²) in [7, 11) is 0. The predicted molar refractivity (Wildman–Crippen MR) is 90.3 cm³/mol. The van der Waals surface area contributed by atoms with Gasteiger partial charge in [0.25, 0.3) is 0 Å². The summed E-state index contributed by atoms with van der Waals surface area (Å²) in [5.74, 6) is -0.861. The summed E-state index contributed by atoms with van der Waals surface area (Å²) in [6, 6.07) is 0. The number of hydrogen-bond acceptors (Lipinski definition) is 3. The van der Waals surface area contributed by atoms with Gasteiger partial charge in [-0.2, -0.15) is 0 Å². The van der Waals surface area contributed by atoms with Crippen LogP contribution in [0.3, 0.4) is 0 Å². The first-order valence-electron chi connectivity index (χ1n) is 9.11. The largest absolute Gasteiger partial charge is 0.481 e. The third-order valence-electron chi connectivity index (χ3n) is 5.73. The van der Waals surface area contributed by atoms with Gasteiger partial charge in [0.05, 0.1) is 11.3 Å². The fourth-order valence-corrected chi connectivity index (χ4v) is 3.95. The summed E-state index contributed by atoms with van der Waals surface area (Å²) < 4.78 is 0. The molecular formula is C18H30N2O4. The predicted octanol–water partition coefficient (Wildman–Crippen LogP) is 1.98. The Hall–Kier alpha value is -1.59. The van der Waals surface area contributed by atoms with Crippen molar-refractivity contribution >= 4 is 17.8 Å². The van der Waals surface area contributed by atoms with E-state index in [4.69, 9.17) is 0 Å². The number of carbonyl (C=O) groups is 3. The monoisotopic (exact) mass is 338 g/mol. The van der Waals surface area contributed by atoms with Crippen molar-refractivity contribution in [3.05, 3.63) is 0 Å². The van der Waals surface area contributed by atoms with Crippen LogP contribution in [0.15, 0.2) is 0 Å². The molecule has 2 heterocycles. The average molecular weight is 338 g/mol.